The van der Waals surface area contributed by atoms with Gasteiger partial charge in [-0.2, -0.15) is 0 Å². The maximum absolute atomic E-state index is 12.4. The Bertz CT molecular complexity index is 873. The number of anilines is 1. The van der Waals surface area contributed by atoms with Crippen molar-refractivity contribution >= 4 is 11.6 Å². The van der Waals surface area contributed by atoms with Crippen LogP contribution in [0.2, 0.25) is 0 Å². The van der Waals surface area contributed by atoms with E-state index in [4.69, 9.17) is 0 Å². The number of imidazole rings is 1. The van der Waals surface area contributed by atoms with Crippen molar-refractivity contribution in [3.05, 3.63) is 64.9 Å². The van der Waals surface area contributed by atoms with E-state index in [-0.39, 0.29) is 11.6 Å². The molecule has 6 nitrogen and oxygen atoms in total. The smallest absolute Gasteiger partial charge is 0.276 e. The Morgan fingerprint density at radius 3 is 2.29 bits per heavy atom. The monoisotopic (exact) mass is 321 g/mol. The van der Waals surface area contributed by atoms with Gasteiger partial charge in [-0.15, -0.1) is 10.2 Å². The molecule has 3 aromatic rings. The molecule has 0 saturated carbocycles. The molecule has 2 aromatic heterocycles. The minimum absolute atomic E-state index is 0.272. The first-order valence-corrected chi connectivity index (χ1v) is 7.69. The van der Waals surface area contributed by atoms with Crippen LogP contribution in [0.4, 0.5) is 5.69 Å². The number of hydrogen-bond acceptors (Lipinski definition) is 4. The predicted molar refractivity (Wildman–Crippen MR) is 92.5 cm³/mol. The van der Waals surface area contributed by atoms with Crippen LogP contribution in [0.5, 0.6) is 0 Å². The number of aromatic nitrogens is 4. The predicted octanol–water partition coefficient (Wildman–Crippen LogP) is 3.15. The molecule has 0 aliphatic heterocycles. The molecule has 1 N–H and O–H groups in total. The first-order valence-electron chi connectivity index (χ1n) is 7.69. The lowest BCUT2D eigenvalue weighted by Crippen LogP contribution is -2.16. The van der Waals surface area contributed by atoms with Crippen molar-refractivity contribution in [1.29, 1.82) is 0 Å². The molecule has 1 amide bonds. The van der Waals surface area contributed by atoms with E-state index in [2.05, 4.69) is 20.5 Å². The van der Waals surface area contributed by atoms with Gasteiger partial charge in [0.1, 0.15) is 5.82 Å². The number of carbonyl (C=O) groups excluding carboxylic acids is 1. The molecule has 122 valence electrons. The van der Waals surface area contributed by atoms with Crippen molar-refractivity contribution in [2.45, 2.75) is 27.7 Å². The molecule has 1 aromatic carbocycles. The van der Waals surface area contributed by atoms with E-state index >= 15 is 0 Å². The van der Waals surface area contributed by atoms with Gasteiger partial charge >= 0.3 is 0 Å². The van der Waals surface area contributed by atoms with Gasteiger partial charge in [-0.25, -0.2) is 4.98 Å². The summed E-state index contributed by atoms with van der Waals surface area (Å²) < 4.78 is 1.81. The topological polar surface area (TPSA) is 72.7 Å². The molecule has 0 radical (unpaired) electrons. The summed E-state index contributed by atoms with van der Waals surface area (Å²) in [5.74, 6) is 1.17. The van der Waals surface area contributed by atoms with Crippen LogP contribution >= 0.6 is 0 Å². The molecule has 6 heteroatoms. The molecule has 0 unspecified atom stereocenters. The van der Waals surface area contributed by atoms with Crippen LogP contribution in [0.25, 0.3) is 5.82 Å². The third-order valence-electron chi connectivity index (χ3n) is 3.87. The number of benzene rings is 1. The number of hydrogen-bond donors (Lipinski definition) is 1. The van der Waals surface area contributed by atoms with E-state index in [1.807, 2.05) is 44.4 Å². The number of aryl methyl sites for hydroxylation is 4. The second-order valence-corrected chi connectivity index (χ2v) is 5.85. The van der Waals surface area contributed by atoms with Crippen LogP contribution in [0, 0.1) is 27.7 Å². The Morgan fingerprint density at radius 1 is 1.04 bits per heavy atom. The summed E-state index contributed by atoms with van der Waals surface area (Å²) in [7, 11) is 0. The van der Waals surface area contributed by atoms with Crippen LogP contribution < -0.4 is 5.32 Å². The van der Waals surface area contributed by atoms with E-state index in [9.17, 15) is 4.79 Å². The molecule has 0 aliphatic rings. The SMILES string of the molecule is Cc1cc(C)c(NC(=O)c2ccc(-n3ccnc3C)nn2)c(C)c1. The van der Waals surface area contributed by atoms with Crippen molar-refractivity contribution in [1.82, 2.24) is 19.7 Å². The molecule has 0 saturated heterocycles. The Kier molecular flexibility index (Phi) is 4.12. The summed E-state index contributed by atoms with van der Waals surface area (Å²) in [4.78, 5) is 16.6. The summed E-state index contributed by atoms with van der Waals surface area (Å²) in [6.07, 6.45) is 3.50. The van der Waals surface area contributed by atoms with E-state index in [1.165, 1.54) is 5.56 Å². The number of nitrogens with zero attached hydrogens (tertiary/aromatic N) is 4. The number of carbonyl (C=O) groups is 1. The van der Waals surface area contributed by atoms with Gasteiger partial charge < -0.3 is 5.32 Å². The van der Waals surface area contributed by atoms with Crippen molar-refractivity contribution in [3.63, 3.8) is 0 Å². The van der Waals surface area contributed by atoms with E-state index in [1.54, 1.807) is 24.5 Å². The number of nitrogens with one attached hydrogen (secondary N) is 1. The van der Waals surface area contributed by atoms with E-state index in [0.717, 1.165) is 22.6 Å². The normalized spacial score (nSPS) is 10.7. The highest BCUT2D eigenvalue weighted by Crippen LogP contribution is 2.22. The Labute approximate surface area is 140 Å². The zero-order valence-corrected chi connectivity index (χ0v) is 14.2. The van der Waals surface area contributed by atoms with Gasteiger partial charge in [0.25, 0.3) is 5.91 Å². The lowest BCUT2D eigenvalue weighted by atomic mass is 10.1. The Balaban J connectivity index is 1.83. The van der Waals surface area contributed by atoms with Gasteiger partial charge in [0.15, 0.2) is 11.5 Å². The lowest BCUT2D eigenvalue weighted by molar-refractivity contribution is 0.102. The van der Waals surface area contributed by atoms with Gasteiger partial charge in [-0.1, -0.05) is 17.7 Å². The molecule has 0 aliphatic carbocycles. The fourth-order valence-electron chi connectivity index (χ4n) is 2.75. The highest BCUT2D eigenvalue weighted by molar-refractivity contribution is 6.03. The molecule has 2 heterocycles. The molecular weight excluding hydrogens is 302 g/mol. The van der Waals surface area contributed by atoms with E-state index in [0.29, 0.717) is 5.82 Å². The average Bonchev–Trinajstić information content (AvgIpc) is 2.97. The van der Waals surface area contributed by atoms with Crippen LogP contribution in [0.3, 0.4) is 0 Å². The van der Waals surface area contributed by atoms with Gasteiger partial charge in [-0.3, -0.25) is 9.36 Å². The summed E-state index contributed by atoms with van der Waals surface area (Å²) in [6.45, 7) is 7.87. The highest BCUT2D eigenvalue weighted by Gasteiger charge is 2.13. The second kappa shape index (κ2) is 6.23. The standard InChI is InChI=1S/C18H19N5O/c1-11-9-12(2)17(13(3)10-11)20-18(24)15-5-6-16(22-21-15)23-8-7-19-14(23)4/h5-10H,1-4H3,(H,20,24). The average molecular weight is 321 g/mol. The summed E-state index contributed by atoms with van der Waals surface area (Å²) in [6, 6.07) is 7.50. The maximum atomic E-state index is 12.4. The van der Waals surface area contributed by atoms with Crippen molar-refractivity contribution < 1.29 is 4.79 Å². The molecule has 0 fully saturated rings. The van der Waals surface area contributed by atoms with Crippen LogP contribution in [-0.2, 0) is 0 Å². The van der Waals surface area contributed by atoms with Gasteiger partial charge in [-0.05, 0) is 51.0 Å². The zero-order chi connectivity index (χ0) is 17.3. The molecule has 24 heavy (non-hydrogen) atoms. The first kappa shape index (κ1) is 15.9. The molecular formula is C18H19N5O. The fraction of sp³-hybridized carbons (Fsp3) is 0.222. The highest BCUT2D eigenvalue weighted by atomic mass is 16.1. The molecule has 0 atom stereocenters. The minimum Gasteiger partial charge on any atom is -0.320 e. The van der Waals surface area contributed by atoms with Crippen molar-refractivity contribution in [3.8, 4) is 5.82 Å². The van der Waals surface area contributed by atoms with Crippen LogP contribution in [-0.4, -0.2) is 25.7 Å². The van der Waals surface area contributed by atoms with E-state index < -0.39 is 0 Å². The van der Waals surface area contributed by atoms with Crippen molar-refractivity contribution in [2.75, 3.05) is 5.32 Å². The fourth-order valence-corrected chi connectivity index (χ4v) is 2.75. The summed E-state index contributed by atoms with van der Waals surface area (Å²) in [5.41, 5.74) is 4.32. The molecule has 0 bridgehead atoms. The summed E-state index contributed by atoms with van der Waals surface area (Å²) >= 11 is 0. The van der Waals surface area contributed by atoms with Gasteiger partial charge in [0, 0.05) is 18.1 Å². The second-order valence-electron chi connectivity index (χ2n) is 5.85. The Morgan fingerprint density at radius 2 is 1.75 bits per heavy atom. The largest absolute Gasteiger partial charge is 0.320 e. The first-order chi connectivity index (χ1) is 11.5. The third kappa shape index (κ3) is 3.03. The van der Waals surface area contributed by atoms with Crippen LogP contribution in [0.1, 0.15) is 33.0 Å². The number of rotatable bonds is 3. The molecule has 3 rings (SSSR count). The molecule has 0 spiro atoms. The summed E-state index contributed by atoms with van der Waals surface area (Å²) in [5, 5.41) is 11.1. The third-order valence-corrected chi connectivity index (χ3v) is 3.87. The van der Waals surface area contributed by atoms with Crippen molar-refractivity contribution in [2.24, 2.45) is 0 Å². The zero-order valence-electron chi connectivity index (χ0n) is 14.2. The number of amides is 1. The Hall–Kier alpha value is -3.02. The minimum atomic E-state index is -0.272. The van der Waals surface area contributed by atoms with Gasteiger partial charge in [0.05, 0.1) is 0 Å². The maximum Gasteiger partial charge on any atom is 0.276 e. The lowest BCUT2D eigenvalue weighted by Gasteiger charge is -2.12. The van der Waals surface area contributed by atoms with Crippen LogP contribution in [0.15, 0.2) is 36.7 Å². The quantitative estimate of drug-likeness (QED) is 0.804. The van der Waals surface area contributed by atoms with Gasteiger partial charge in [0.2, 0.25) is 0 Å².